The molecule has 0 spiro atoms. The van der Waals surface area contributed by atoms with Gasteiger partial charge in [0.25, 0.3) is 0 Å². The fourth-order valence-electron chi connectivity index (χ4n) is 2.04. The lowest BCUT2D eigenvalue weighted by atomic mass is 10.1. The molecule has 15 heavy (non-hydrogen) atoms. The summed E-state index contributed by atoms with van der Waals surface area (Å²) in [6.07, 6.45) is 0.991. The van der Waals surface area contributed by atoms with Gasteiger partial charge in [-0.1, -0.05) is 37.3 Å². The quantitative estimate of drug-likeness (QED) is 0.712. The number of hydrogen-bond donors (Lipinski definition) is 1. The van der Waals surface area contributed by atoms with Gasteiger partial charge >= 0.3 is 0 Å². The van der Waals surface area contributed by atoms with Crippen molar-refractivity contribution in [3.8, 4) is 0 Å². The summed E-state index contributed by atoms with van der Waals surface area (Å²) in [4.78, 5) is 3.45. The summed E-state index contributed by atoms with van der Waals surface area (Å²) in [5.41, 5.74) is 4.90. The molecule has 1 aromatic carbocycles. The topological polar surface area (TPSA) is 15.8 Å². The molecular formula is C13H15NS. The summed E-state index contributed by atoms with van der Waals surface area (Å²) in [7, 11) is 0. The van der Waals surface area contributed by atoms with Gasteiger partial charge in [0, 0.05) is 16.6 Å². The van der Waals surface area contributed by atoms with Crippen LogP contribution in [0.1, 0.15) is 23.7 Å². The van der Waals surface area contributed by atoms with Crippen LogP contribution >= 0.6 is 12.2 Å². The number of hydrogen-bond acceptors (Lipinski definition) is 1. The van der Waals surface area contributed by atoms with E-state index in [1.807, 2.05) is 0 Å². The Kier molecular flexibility index (Phi) is 2.61. The Balaban J connectivity index is 2.98. The molecule has 2 aromatic rings. The number of pyridine rings is 1. The summed E-state index contributed by atoms with van der Waals surface area (Å²) in [5.74, 6) is 0. The highest BCUT2D eigenvalue weighted by Gasteiger charge is 2.05. The van der Waals surface area contributed by atoms with Crippen molar-refractivity contribution in [1.82, 2.24) is 4.98 Å². The Bertz CT molecular complexity index is 566. The van der Waals surface area contributed by atoms with Crippen molar-refractivity contribution in [3.63, 3.8) is 0 Å². The number of benzene rings is 1. The highest BCUT2D eigenvalue weighted by atomic mass is 32.1. The number of H-pyrrole nitrogens is 1. The molecule has 0 radical (unpaired) electrons. The van der Waals surface area contributed by atoms with Gasteiger partial charge in [-0.25, -0.2) is 0 Å². The number of rotatable bonds is 1. The third kappa shape index (κ3) is 1.59. The van der Waals surface area contributed by atoms with Crippen molar-refractivity contribution in [2.45, 2.75) is 27.2 Å². The smallest absolute Gasteiger partial charge is 0.0519 e. The van der Waals surface area contributed by atoms with Crippen LogP contribution in [0.2, 0.25) is 0 Å². The van der Waals surface area contributed by atoms with Crippen molar-refractivity contribution < 1.29 is 0 Å². The van der Waals surface area contributed by atoms with Gasteiger partial charge in [0.1, 0.15) is 0 Å². The SMILES string of the molecule is CCc1c(C)[nH]c2c(C)cccc2c1=S. The molecule has 0 amide bonds. The number of aryl methyl sites for hydroxylation is 2. The fraction of sp³-hybridized carbons (Fsp3) is 0.308. The van der Waals surface area contributed by atoms with Crippen LogP contribution in [0, 0.1) is 18.4 Å². The largest absolute Gasteiger partial charge is 0.358 e. The summed E-state index contributed by atoms with van der Waals surface area (Å²) in [6.45, 7) is 6.35. The lowest BCUT2D eigenvalue weighted by Gasteiger charge is -2.09. The first-order valence-corrected chi connectivity index (χ1v) is 5.67. The minimum atomic E-state index is 0.991. The molecule has 0 saturated heterocycles. The maximum atomic E-state index is 5.52. The second kappa shape index (κ2) is 3.78. The Morgan fingerprint density at radius 1 is 1.27 bits per heavy atom. The minimum Gasteiger partial charge on any atom is -0.358 e. The number of fused-ring (bicyclic) bond motifs is 1. The molecule has 0 aliphatic heterocycles. The summed E-state index contributed by atoms with van der Waals surface area (Å²) < 4.78 is 1.01. The van der Waals surface area contributed by atoms with Gasteiger partial charge < -0.3 is 4.98 Å². The molecule has 78 valence electrons. The Labute approximate surface area is 95.2 Å². The fourth-order valence-corrected chi connectivity index (χ4v) is 2.51. The van der Waals surface area contributed by atoms with E-state index in [9.17, 15) is 0 Å². The Morgan fingerprint density at radius 3 is 2.67 bits per heavy atom. The van der Waals surface area contributed by atoms with Crippen LogP contribution in [0.5, 0.6) is 0 Å². The molecule has 0 unspecified atom stereocenters. The van der Waals surface area contributed by atoms with Crippen molar-refractivity contribution in [2.75, 3.05) is 0 Å². The first-order valence-electron chi connectivity index (χ1n) is 5.26. The average molecular weight is 217 g/mol. The van der Waals surface area contributed by atoms with Crippen molar-refractivity contribution in [2.24, 2.45) is 0 Å². The molecule has 0 atom stereocenters. The second-order valence-corrected chi connectivity index (χ2v) is 4.32. The van der Waals surface area contributed by atoms with Gasteiger partial charge in [-0.15, -0.1) is 0 Å². The van der Waals surface area contributed by atoms with Crippen molar-refractivity contribution in [1.29, 1.82) is 0 Å². The van der Waals surface area contributed by atoms with E-state index in [4.69, 9.17) is 12.2 Å². The number of aromatic amines is 1. The van der Waals surface area contributed by atoms with E-state index in [1.54, 1.807) is 0 Å². The van der Waals surface area contributed by atoms with E-state index in [1.165, 1.54) is 27.7 Å². The molecule has 2 rings (SSSR count). The molecule has 0 saturated carbocycles. The maximum Gasteiger partial charge on any atom is 0.0519 e. The van der Waals surface area contributed by atoms with E-state index >= 15 is 0 Å². The molecule has 0 fully saturated rings. The first-order chi connectivity index (χ1) is 7.15. The zero-order valence-corrected chi connectivity index (χ0v) is 10.2. The zero-order chi connectivity index (χ0) is 11.0. The summed E-state index contributed by atoms with van der Waals surface area (Å²) in [5, 5.41) is 1.17. The van der Waals surface area contributed by atoms with Crippen LogP contribution < -0.4 is 0 Å². The third-order valence-corrected chi connectivity index (χ3v) is 3.38. The normalized spacial score (nSPS) is 10.9. The molecule has 0 bridgehead atoms. The average Bonchev–Trinajstić information content (AvgIpc) is 2.20. The highest BCUT2D eigenvalue weighted by molar-refractivity contribution is 7.71. The lowest BCUT2D eigenvalue weighted by Crippen LogP contribution is -1.95. The molecule has 1 nitrogen and oxygen atoms in total. The zero-order valence-electron chi connectivity index (χ0n) is 9.35. The number of nitrogens with one attached hydrogen (secondary N) is 1. The molecule has 0 aliphatic rings. The third-order valence-electron chi connectivity index (χ3n) is 2.91. The molecule has 2 heteroatoms. The lowest BCUT2D eigenvalue weighted by molar-refractivity contribution is 1.06. The first kappa shape index (κ1) is 10.4. The van der Waals surface area contributed by atoms with Gasteiger partial charge in [0.15, 0.2) is 0 Å². The van der Waals surface area contributed by atoms with Gasteiger partial charge in [-0.2, -0.15) is 0 Å². The van der Waals surface area contributed by atoms with Crippen LogP contribution in [0.4, 0.5) is 0 Å². The minimum absolute atomic E-state index is 0.991. The van der Waals surface area contributed by atoms with Crippen LogP contribution in [0.15, 0.2) is 18.2 Å². The van der Waals surface area contributed by atoms with Gasteiger partial charge in [0.2, 0.25) is 0 Å². The van der Waals surface area contributed by atoms with E-state index in [2.05, 4.69) is 44.0 Å². The van der Waals surface area contributed by atoms with E-state index in [0.29, 0.717) is 0 Å². The molecule has 1 heterocycles. The monoisotopic (exact) mass is 217 g/mol. The molecule has 0 aliphatic carbocycles. The molecule has 1 N–H and O–H groups in total. The van der Waals surface area contributed by atoms with Crippen molar-refractivity contribution >= 4 is 23.1 Å². The van der Waals surface area contributed by atoms with Crippen LogP contribution in [-0.4, -0.2) is 4.98 Å². The molecule has 1 aromatic heterocycles. The number of aromatic nitrogens is 1. The predicted octanol–water partition coefficient (Wildman–Crippen LogP) is 4.08. The Morgan fingerprint density at radius 2 is 2.00 bits per heavy atom. The van der Waals surface area contributed by atoms with Crippen LogP contribution in [0.25, 0.3) is 10.9 Å². The van der Waals surface area contributed by atoms with Crippen LogP contribution in [-0.2, 0) is 6.42 Å². The van der Waals surface area contributed by atoms with Gasteiger partial charge in [0.05, 0.1) is 4.51 Å². The standard InChI is InChI=1S/C13H15NS/c1-4-10-9(3)14-12-8(2)6-5-7-11(12)13(10)15/h5-7H,4H2,1-3H3,(H,14,15). The summed E-state index contributed by atoms with van der Waals surface area (Å²) >= 11 is 5.52. The van der Waals surface area contributed by atoms with Crippen molar-refractivity contribution in [3.05, 3.63) is 39.5 Å². The number of para-hydroxylation sites is 1. The van der Waals surface area contributed by atoms with Gasteiger partial charge in [-0.05, 0) is 31.4 Å². The highest BCUT2D eigenvalue weighted by Crippen LogP contribution is 2.22. The molecular weight excluding hydrogens is 202 g/mol. The predicted molar refractivity (Wildman–Crippen MR) is 68.0 cm³/mol. The van der Waals surface area contributed by atoms with Gasteiger partial charge in [-0.3, -0.25) is 0 Å². The maximum absolute atomic E-state index is 5.52. The van der Waals surface area contributed by atoms with E-state index < -0.39 is 0 Å². The summed E-state index contributed by atoms with van der Waals surface area (Å²) in [6, 6.07) is 6.27. The van der Waals surface area contributed by atoms with E-state index in [-0.39, 0.29) is 0 Å². The second-order valence-electron chi connectivity index (χ2n) is 3.91. The van der Waals surface area contributed by atoms with Crippen LogP contribution in [0.3, 0.4) is 0 Å². The van der Waals surface area contributed by atoms with E-state index in [0.717, 1.165) is 10.9 Å². The Hall–Kier alpha value is -1.15.